The van der Waals surface area contributed by atoms with Crippen LogP contribution in [0, 0.1) is 13.8 Å². The van der Waals surface area contributed by atoms with Crippen molar-refractivity contribution in [3.05, 3.63) is 75.5 Å². The average Bonchev–Trinajstić information content (AvgIpc) is 2.94. The third kappa shape index (κ3) is 24.4. The Hall–Kier alpha value is 0.0887. The molecule has 1 amide bonds. The third-order valence-corrected chi connectivity index (χ3v) is 4.41. The van der Waals surface area contributed by atoms with Crippen molar-refractivity contribution in [2.45, 2.75) is 20.3 Å². The summed E-state index contributed by atoms with van der Waals surface area (Å²) >= 11 is -1.47. The summed E-state index contributed by atoms with van der Waals surface area (Å²) in [5, 5.41) is 3.98. The monoisotopic (exact) mass is 531 g/mol. The summed E-state index contributed by atoms with van der Waals surface area (Å²) in [5.74, 6) is -1.02. The number of sulfonamides is 1. The van der Waals surface area contributed by atoms with Gasteiger partial charge in [-0.15, -0.1) is 11.4 Å². The molecule has 0 aliphatic carbocycles. The SMILES string of the molecule is C=C=C=C=C=C(CC)C(=O)[N-]S(=O)(=O)CC.O=S([O-])[O-].[CH2-]c1cscc1[CH2-].[Li+].[Li+].[Y]. The van der Waals surface area contributed by atoms with E-state index < -0.39 is 27.3 Å². The average molecular weight is 531 g/mol. The second-order valence-corrected chi connectivity index (χ2v) is 7.35. The maximum Gasteiger partial charge on any atom is 1.00 e. The Labute approximate surface area is 234 Å². The number of thiophene rings is 1. The van der Waals surface area contributed by atoms with Crippen LogP contribution in [0.2, 0.25) is 0 Å². The summed E-state index contributed by atoms with van der Waals surface area (Å²) in [4.78, 5) is 11.4. The van der Waals surface area contributed by atoms with Gasteiger partial charge >= 0.3 is 37.7 Å². The summed E-state index contributed by atoms with van der Waals surface area (Å²) in [7, 11) is -3.67. The first-order valence-corrected chi connectivity index (χ1v) is 10.7. The van der Waals surface area contributed by atoms with Crippen molar-refractivity contribution in [3.63, 3.8) is 0 Å². The van der Waals surface area contributed by atoms with Gasteiger partial charge in [0.1, 0.15) is 0 Å². The largest absolute Gasteiger partial charge is 1.00 e. The van der Waals surface area contributed by atoms with E-state index in [4.69, 9.17) is 13.3 Å². The molecule has 0 saturated carbocycles. The Morgan fingerprint density at radius 2 is 1.63 bits per heavy atom. The summed E-state index contributed by atoms with van der Waals surface area (Å²) < 4.78 is 50.6. The topological polar surface area (TPSA) is 128 Å². The van der Waals surface area contributed by atoms with Crippen molar-refractivity contribution in [1.82, 2.24) is 0 Å². The van der Waals surface area contributed by atoms with Gasteiger partial charge in [0.05, 0.1) is 15.9 Å². The van der Waals surface area contributed by atoms with Crippen LogP contribution in [0.3, 0.4) is 0 Å². The van der Waals surface area contributed by atoms with Crippen LogP contribution < -0.4 is 37.7 Å². The Bertz CT molecular complexity index is 887. The van der Waals surface area contributed by atoms with Crippen LogP contribution in [0.5, 0.6) is 0 Å². The van der Waals surface area contributed by atoms with Gasteiger partial charge in [0.2, 0.25) is 0 Å². The molecule has 1 aromatic heterocycles. The summed E-state index contributed by atoms with van der Waals surface area (Å²) in [6, 6.07) is 0. The molecule has 1 rings (SSSR count). The predicted octanol–water partition coefficient (Wildman–Crippen LogP) is -3.06. The number of hydrogen-bond donors (Lipinski definition) is 0. The van der Waals surface area contributed by atoms with E-state index in [0.717, 1.165) is 11.1 Å². The van der Waals surface area contributed by atoms with Crippen molar-refractivity contribution in [3.8, 4) is 0 Å². The molecule has 0 aromatic carbocycles. The minimum atomic E-state index is -3.67. The Kier molecular flexibility index (Phi) is 32.0. The van der Waals surface area contributed by atoms with Gasteiger partial charge in [0.15, 0.2) is 0 Å². The summed E-state index contributed by atoms with van der Waals surface area (Å²) in [6.45, 7) is 13.8. The number of carbonyl (C=O) groups is 1. The fourth-order valence-corrected chi connectivity index (χ4v) is 2.23. The predicted molar refractivity (Wildman–Crippen MR) is 104 cm³/mol. The maximum absolute atomic E-state index is 11.4. The molecule has 0 N–H and O–H groups in total. The van der Waals surface area contributed by atoms with Crippen LogP contribution in [0.1, 0.15) is 31.4 Å². The first-order chi connectivity index (χ1) is 12.5. The molecule has 0 aliphatic rings. The molecule has 0 atom stereocenters. The Morgan fingerprint density at radius 3 is 1.90 bits per heavy atom. The molecular weight excluding hydrogens is 513 g/mol. The second-order valence-electron chi connectivity index (χ2n) is 4.28. The van der Waals surface area contributed by atoms with Gasteiger partial charge in [0.25, 0.3) is 0 Å². The fraction of sp³-hybridized carbons (Fsp3) is 0.235. The normalized spacial score (nSPS) is 8.17. The Morgan fingerprint density at radius 1 is 1.20 bits per heavy atom. The van der Waals surface area contributed by atoms with Gasteiger partial charge in [-0.25, -0.2) is 8.42 Å². The minimum Gasteiger partial charge on any atom is -0.784 e. The van der Waals surface area contributed by atoms with Crippen molar-refractivity contribution in [2.24, 2.45) is 0 Å². The van der Waals surface area contributed by atoms with Gasteiger partial charge < -0.3 is 30.0 Å². The van der Waals surface area contributed by atoms with Gasteiger partial charge in [-0.2, -0.15) is 10.8 Å². The molecule has 0 bridgehead atoms. The molecule has 13 heteroatoms. The first-order valence-electron chi connectivity index (χ1n) is 7.11. The van der Waals surface area contributed by atoms with Crippen LogP contribution in [0.15, 0.2) is 45.8 Å². The molecular formula is C17H18Li2NO6S3Y-3. The minimum absolute atomic E-state index is 0. The van der Waals surface area contributed by atoms with Crippen LogP contribution in [0.25, 0.3) is 4.72 Å². The molecule has 7 nitrogen and oxygen atoms in total. The number of rotatable bonds is 4. The Balaban J connectivity index is -0.000000124. The van der Waals surface area contributed by atoms with Gasteiger partial charge in [-0.3, -0.25) is 29.2 Å². The van der Waals surface area contributed by atoms with E-state index in [9.17, 15) is 13.2 Å². The van der Waals surface area contributed by atoms with Crippen molar-refractivity contribution < 1.29 is 97.0 Å². The van der Waals surface area contributed by atoms with Gasteiger partial charge in [-0.1, -0.05) is 25.3 Å². The molecule has 153 valence electrons. The second kappa shape index (κ2) is 23.7. The van der Waals surface area contributed by atoms with E-state index in [1.165, 1.54) is 6.92 Å². The van der Waals surface area contributed by atoms with E-state index in [-0.39, 0.29) is 81.8 Å². The van der Waals surface area contributed by atoms with Crippen LogP contribution in [-0.4, -0.2) is 33.4 Å². The van der Waals surface area contributed by atoms with E-state index in [1.807, 2.05) is 10.8 Å². The van der Waals surface area contributed by atoms with Crippen molar-refractivity contribution >= 4 is 38.6 Å². The number of amides is 1. The molecule has 0 saturated heterocycles. The summed E-state index contributed by atoms with van der Waals surface area (Å²) in [5.41, 5.74) is 11.7. The molecule has 0 spiro atoms. The fourth-order valence-electron chi connectivity index (χ4n) is 1.04. The zero-order valence-electron chi connectivity index (χ0n) is 17.4. The smallest absolute Gasteiger partial charge is 0.784 e. The quantitative estimate of drug-likeness (QED) is 0.134. The molecule has 0 fully saturated rings. The number of nitrogens with zero attached hydrogens (tertiary/aromatic N) is 1. The van der Waals surface area contributed by atoms with Gasteiger partial charge in [0, 0.05) is 44.0 Å². The molecule has 1 radical (unpaired) electrons. The third-order valence-electron chi connectivity index (χ3n) is 2.40. The molecule has 0 unspecified atom stereocenters. The molecule has 1 heterocycles. The van der Waals surface area contributed by atoms with Crippen molar-refractivity contribution in [1.29, 1.82) is 0 Å². The summed E-state index contributed by atoms with van der Waals surface area (Å²) in [6.07, 6.45) is 0.313. The van der Waals surface area contributed by atoms with E-state index in [0.29, 0.717) is 6.42 Å². The standard InChI is InChI=1S/C11H13NO3S.C6H6S.2Li.H2O3S.Y/c1-4-7-8-9-10(5-2)11(13)12-16(14,15)6-3;1-5-3-7-4-6(5)2;;;1-4(2)3;/h1,5-6H2,2-3H3,(H,12,13);3-4H,1-2H2;;;(H2,1,2,3);/q;-2;2*+1;;/p-3. The zero-order valence-corrected chi connectivity index (χ0v) is 22.7. The number of carbonyl (C=O) groups excluding carboxylic acids is 1. The first kappa shape index (κ1) is 40.4. The molecule has 0 aliphatic heterocycles. The van der Waals surface area contributed by atoms with Crippen LogP contribution in [0.4, 0.5) is 0 Å². The van der Waals surface area contributed by atoms with Crippen molar-refractivity contribution in [2.75, 3.05) is 5.75 Å². The van der Waals surface area contributed by atoms with E-state index in [1.54, 1.807) is 18.3 Å². The van der Waals surface area contributed by atoms with Crippen LogP contribution in [-0.2, 0) is 58.9 Å². The molecule has 1 aromatic rings. The zero-order chi connectivity index (χ0) is 21.5. The maximum atomic E-state index is 11.4. The molecule has 30 heavy (non-hydrogen) atoms. The number of hydrogen-bond acceptors (Lipinski definition) is 7. The van der Waals surface area contributed by atoms with Gasteiger partial charge in [-0.05, 0) is 24.5 Å². The van der Waals surface area contributed by atoms with E-state index >= 15 is 0 Å². The van der Waals surface area contributed by atoms with E-state index in [2.05, 4.69) is 48.1 Å². The van der Waals surface area contributed by atoms with Crippen LogP contribution >= 0.6 is 11.3 Å².